The number of pyridine rings is 1. The molecule has 2 heteroatoms. The highest BCUT2D eigenvalue weighted by atomic mass is 14.8. The molecule has 1 unspecified atom stereocenters. The third kappa shape index (κ3) is 2.82. The quantitative estimate of drug-likeness (QED) is 0.829. The Bertz CT molecular complexity index is 345. The maximum absolute atomic E-state index is 6.54. The molecule has 0 bridgehead atoms. The summed E-state index contributed by atoms with van der Waals surface area (Å²) in [6.45, 7) is 4.66. The van der Waals surface area contributed by atoms with Crippen LogP contribution >= 0.6 is 0 Å². The molecular weight excluding hydrogens is 196 g/mol. The van der Waals surface area contributed by atoms with Crippen LogP contribution < -0.4 is 5.73 Å². The van der Waals surface area contributed by atoms with Crippen molar-refractivity contribution in [2.24, 2.45) is 11.1 Å². The maximum Gasteiger partial charge on any atom is 0.0300 e. The van der Waals surface area contributed by atoms with E-state index in [4.69, 9.17) is 5.73 Å². The van der Waals surface area contributed by atoms with Crippen LogP contribution in [-0.2, 0) is 6.42 Å². The van der Waals surface area contributed by atoms with Crippen molar-refractivity contribution in [3.63, 3.8) is 0 Å². The van der Waals surface area contributed by atoms with Crippen LogP contribution in [0.25, 0.3) is 0 Å². The first-order valence-electron chi connectivity index (χ1n) is 6.17. The SMILES string of the molecule is CC1(C)CCCC(N)(Cc2cccnc2)C1. The van der Waals surface area contributed by atoms with Crippen molar-refractivity contribution < 1.29 is 0 Å². The zero-order valence-corrected chi connectivity index (χ0v) is 10.4. The van der Waals surface area contributed by atoms with Gasteiger partial charge in [0.1, 0.15) is 0 Å². The van der Waals surface area contributed by atoms with E-state index >= 15 is 0 Å². The standard InChI is InChI=1S/C14H22N2/c1-13(2)6-4-7-14(15,11-13)9-12-5-3-8-16-10-12/h3,5,8,10H,4,6-7,9,11,15H2,1-2H3. The van der Waals surface area contributed by atoms with Gasteiger partial charge in [-0.25, -0.2) is 0 Å². The summed E-state index contributed by atoms with van der Waals surface area (Å²) in [5.41, 5.74) is 8.18. The molecular formula is C14H22N2. The highest BCUT2D eigenvalue weighted by molar-refractivity contribution is 5.14. The lowest BCUT2D eigenvalue weighted by Gasteiger charge is -2.42. The van der Waals surface area contributed by atoms with Crippen molar-refractivity contribution in [3.05, 3.63) is 30.1 Å². The molecule has 88 valence electrons. The Morgan fingerprint density at radius 3 is 2.81 bits per heavy atom. The zero-order valence-electron chi connectivity index (χ0n) is 10.4. The largest absolute Gasteiger partial charge is 0.325 e. The summed E-state index contributed by atoms with van der Waals surface area (Å²) >= 11 is 0. The highest BCUT2D eigenvalue weighted by Crippen LogP contribution is 2.40. The number of nitrogens with two attached hydrogens (primary N) is 1. The Balaban J connectivity index is 2.08. The minimum absolute atomic E-state index is 0.0230. The van der Waals surface area contributed by atoms with Crippen molar-refractivity contribution >= 4 is 0 Å². The van der Waals surface area contributed by atoms with Gasteiger partial charge in [-0.2, -0.15) is 0 Å². The molecule has 0 amide bonds. The van der Waals surface area contributed by atoms with E-state index in [-0.39, 0.29) is 5.54 Å². The molecule has 2 rings (SSSR count). The van der Waals surface area contributed by atoms with Crippen molar-refractivity contribution in [2.75, 3.05) is 0 Å². The summed E-state index contributed by atoms with van der Waals surface area (Å²) in [6.07, 6.45) is 9.54. The summed E-state index contributed by atoms with van der Waals surface area (Å²) in [5.74, 6) is 0. The summed E-state index contributed by atoms with van der Waals surface area (Å²) in [6, 6.07) is 4.12. The van der Waals surface area contributed by atoms with E-state index in [1.807, 2.05) is 18.5 Å². The van der Waals surface area contributed by atoms with Gasteiger partial charge >= 0.3 is 0 Å². The molecule has 0 radical (unpaired) electrons. The highest BCUT2D eigenvalue weighted by Gasteiger charge is 2.36. The van der Waals surface area contributed by atoms with Crippen LogP contribution in [0, 0.1) is 5.41 Å². The van der Waals surface area contributed by atoms with Crippen LogP contribution in [0.5, 0.6) is 0 Å². The third-order valence-corrected chi connectivity index (χ3v) is 3.64. The van der Waals surface area contributed by atoms with Gasteiger partial charge in [0.2, 0.25) is 0 Å². The molecule has 0 aliphatic heterocycles. The molecule has 0 saturated heterocycles. The molecule has 1 fully saturated rings. The summed E-state index contributed by atoms with van der Waals surface area (Å²) in [5, 5.41) is 0. The zero-order chi connectivity index (χ0) is 11.6. The monoisotopic (exact) mass is 218 g/mol. The second-order valence-electron chi connectivity index (χ2n) is 6.09. The molecule has 16 heavy (non-hydrogen) atoms. The van der Waals surface area contributed by atoms with Gasteiger partial charge in [-0.15, -0.1) is 0 Å². The van der Waals surface area contributed by atoms with Gasteiger partial charge < -0.3 is 5.73 Å². The fourth-order valence-corrected chi connectivity index (χ4v) is 3.11. The van der Waals surface area contributed by atoms with E-state index in [2.05, 4.69) is 24.9 Å². The molecule has 1 aromatic rings. The average molecular weight is 218 g/mol. The van der Waals surface area contributed by atoms with Gasteiger partial charge in [-0.1, -0.05) is 26.3 Å². The molecule has 0 aromatic carbocycles. The minimum Gasteiger partial charge on any atom is -0.325 e. The summed E-state index contributed by atoms with van der Waals surface area (Å²) < 4.78 is 0. The van der Waals surface area contributed by atoms with Crippen LogP contribution in [0.15, 0.2) is 24.5 Å². The van der Waals surface area contributed by atoms with Crippen molar-refractivity contribution in [3.8, 4) is 0 Å². The third-order valence-electron chi connectivity index (χ3n) is 3.64. The van der Waals surface area contributed by atoms with Gasteiger partial charge in [0.25, 0.3) is 0 Å². The lowest BCUT2D eigenvalue weighted by atomic mass is 9.67. The first kappa shape index (κ1) is 11.6. The van der Waals surface area contributed by atoms with E-state index < -0.39 is 0 Å². The second kappa shape index (κ2) is 4.17. The Labute approximate surface area is 98.3 Å². The smallest absolute Gasteiger partial charge is 0.0300 e. The molecule has 1 aromatic heterocycles. The second-order valence-corrected chi connectivity index (χ2v) is 6.09. The van der Waals surface area contributed by atoms with Crippen LogP contribution in [0.3, 0.4) is 0 Å². The fraction of sp³-hybridized carbons (Fsp3) is 0.643. The molecule has 1 aliphatic rings. The van der Waals surface area contributed by atoms with Gasteiger partial charge in [0.15, 0.2) is 0 Å². The predicted octanol–water partition coefficient (Wildman–Crippen LogP) is 2.92. The Hall–Kier alpha value is -0.890. The van der Waals surface area contributed by atoms with E-state index in [1.165, 1.54) is 18.4 Å². The van der Waals surface area contributed by atoms with E-state index in [0.717, 1.165) is 19.3 Å². The van der Waals surface area contributed by atoms with Gasteiger partial charge in [-0.3, -0.25) is 4.98 Å². The lowest BCUT2D eigenvalue weighted by molar-refractivity contribution is 0.151. The van der Waals surface area contributed by atoms with Crippen LogP contribution in [0.1, 0.15) is 45.1 Å². The predicted molar refractivity (Wildman–Crippen MR) is 67.1 cm³/mol. The summed E-state index contributed by atoms with van der Waals surface area (Å²) in [7, 11) is 0. The van der Waals surface area contributed by atoms with Crippen molar-refractivity contribution in [1.29, 1.82) is 0 Å². The lowest BCUT2D eigenvalue weighted by Crippen LogP contribution is -2.48. The normalized spacial score (nSPS) is 28.9. The number of hydrogen-bond donors (Lipinski definition) is 1. The number of nitrogens with zero attached hydrogens (tertiary/aromatic N) is 1. The van der Waals surface area contributed by atoms with Crippen LogP contribution in [0.4, 0.5) is 0 Å². The van der Waals surface area contributed by atoms with Crippen LogP contribution in [0.2, 0.25) is 0 Å². The molecule has 0 spiro atoms. The molecule has 1 saturated carbocycles. The van der Waals surface area contributed by atoms with Crippen LogP contribution in [-0.4, -0.2) is 10.5 Å². The molecule has 1 atom stereocenters. The van der Waals surface area contributed by atoms with Gasteiger partial charge in [-0.05, 0) is 42.7 Å². The topological polar surface area (TPSA) is 38.9 Å². The van der Waals surface area contributed by atoms with Crippen molar-refractivity contribution in [2.45, 2.75) is 51.5 Å². The Morgan fingerprint density at radius 2 is 2.19 bits per heavy atom. The summed E-state index contributed by atoms with van der Waals surface area (Å²) in [4.78, 5) is 4.16. The van der Waals surface area contributed by atoms with Gasteiger partial charge in [0, 0.05) is 17.9 Å². The van der Waals surface area contributed by atoms with E-state index in [1.54, 1.807) is 0 Å². The van der Waals surface area contributed by atoms with E-state index in [0.29, 0.717) is 5.41 Å². The number of aromatic nitrogens is 1. The molecule has 2 nitrogen and oxygen atoms in total. The fourth-order valence-electron chi connectivity index (χ4n) is 3.11. The Kier molecular flexibility index (Phi) is 3.02. The van der Waals surface area contributed by atoms with Gasteiger partial charge in [0.05, 0.1) is 0 Å². The first-order chi connectivity index (χ1) is 7.49. The molecule has 1 aliphatic carbocycles. The van der Waals surface area contributed by atoms with Crippen molar-refractivity contribution in [1.82, 2.24) is 4.98 Å². The molecule has 2 N–H and O–H groups in total. The molecule has 1 heterocycles. The first-order valence-corrected chi connectivity index (χ1v) is 6.17. The average Bonchev–Trinajstić information content (AvgIpc) is 2.16. The Morgan fingerprint density at radius 1 is 1.38 bits per heavy atom. The number of rotatable bonds is 2. The minimum atomic E-state index is -0.0230. The number of hydrogen-bond acceptors (Lipinski definition) is 2. The maximum atomic E-state index is 6.54. The van der Waals surface area contributed by atoms with E-state index in [9.17, 15) is 0 Å².